The Balaban J connectivity index is 1.51. The average molecular weight is 428 g/mol. The van der Waals surface area contributed by atoms with Gasteiger partial charge in [-0.2, -0.15) is 10.4 Å². The Bertz CT molecular complexity index is 1210. The van der Waals surface area contributed by atoms with E-state index in [2.05, 4.69) is 56.6 Å². The number of aromatic nitrogens is 2. The number of aryl methyl sites for hydroxylation is 1. The van der Waals surface area contributed by atoms with Gasteiger partial charge in [0.15, 0.2) is 5.82 Å². The Morgan fingerprint density at radius 2 is 1.91 bits per heavy atom. The summed E-state index contributed by atoms with van der Waals surface area (Å²) in [7, 11) is 2.24. The lowest BCUT2D eigenvalue weighted by molar-refractivity contribution is 0.125. The van der Waals surface area contributed by atoms with Crippen molar-refractivity contribution in [3.63, 3.8) is 0 Å². The second kappa shape index (κ2) is 8.05. The van der Waals surface area contributed by atoms with Gasteiger partial charge in [-0.3, -0.25) is 4.90 Å². The van der Waals surface area contributed by atoms with E-state index in [0.29, 0.717) is 23.5 Å². The third kappa shape index (κ3) is 3.46. The largest absolute Gasteiger partial charge is 0.366 e. The molecule has 0 spiro atoms. The van der Waals surface area contributed by atoms with Crippen LogP contribution in [-0.4, -0.2) is 47.3 Å². The third-order valence-corrected chi connectivity index (χ3v) is 7.21. The molecule has 0 unspecified atom stereocenters. The first kappa shape index (κ1) is 20.7. The fourth-order valence-electron chi connectivity index (χ4n) is 5.25. The number of benzene rings is 2. The van der Waals surface area contributed by atoms with Crippen LogP contribution in [0.15, 0.2) is 36.4 Å². The minimum absolute atomic E-state index is 0.494. The van der Waals surface area contributed by atoms with Gasteiger partial charge in [-0.1, -0.05) is 18.2 Å². The molecule has 3 fully saturated rings. The van der Waals surface area contributed by atoms with E-state index in [1.54, 1.807) is 0 Å². The highest BCUT2D eigenvalue weighted by Gasteiger charge is 2.37. The number of piperazine rings is 1. The molecule has 7 nitrogen and oxygen atoms in total. The van der Waals surface area contributed by atoms with Crippen LogP contribution in [0.2, 0.25) is 0 Å². The highest BCUT2D eigenvalue weighted by molar-refractivity contribution is 5.95. The molecule has 0 aliphatic carbocycles. The van der Waals surface area contributed by atoms with Crippen molar-refractivity contribution in [2.24, 2.45) is 5.73 Å². The van der Waals surface area contributed by atoms with Crippen molar-refractivity contribution in [2.75, 3.05) is 30.4 Å². The van der Waals surface area contributed by atoms with E-state index < -0.39 is 6.17 Å². The topological polar surface area (TPSA) is 94.1 Å². The molecule has 164 valence electrons. The lowest BCUT2D eigenvalue weighted by Crippen LogP contribution is -2.61. The van der Waals surface area contributed by atoms with E-state index in [9.17, 15) is 5.26 Å². The second-order valence-electron chi connectivity index (χ2n) is 9.09. The van der Waals surface area contributed by atoms with Gasteiger partial charge in [-0.15, -0.1) is 5.10 Å². The highest BCUT2D eigenvalue weighted by Crippen LogP contribution is 2.35. The lowest BCUT2D eigenvalue weighted by Gasteiger charge is -2.51. The molecule has 3 aliphatic rings. The maximum absolute atomic E-state index is 9.36. The zero-order valence-corrected chi connectivity index (χ0v) is 18.8. The summed E-state index contributed by atoms with van der Waals surface area (Å²) in [6.45, 7) is 6.08. The predicted molar refractivity (Wildman–Crippen MR) is 128 cm³/mol. The van der Waals surface area contributed by atoms with Crippen LogP contribution in [0.4, 0.5) is 11.5 Å². The summed E-state index contributed by atoms with van der Waals surface area (Å²) in [5.41, 5.74) is 11.0. The number of anilines is 2. The summed E-state index contributed by atoms with van der Waals surface area (Å²) in [5, 5.41) is 23.6. The van der Waals surface area contributed by atoms with Gasteiger partial charge < -0.3 is 16.0 Å². The fourth-order valence-corrected chi connectivity index (χ4v) is 5.25. The van der Waals surface area contributed by atoms with Gasteiger partial charge >= 0.3 is 0 Å². The minimum Gasteiger partial charge on any atom is -0.366 e. The number of rotatable bonds is 4. The Morgan fingerprint density at radius 3 is 2.62 bits per heavy atom. The average Bonchev–Trinajstić information content (AvgIpc) is 2.81. The molecule has 0 amide bonds. The second-order valence-corrected chi connectivity index (χ2v) is 9.09. The smallest absolute Gasteiger partial charge is 0.158 e. The minimum atomic E-state index is -0.494. The Morgan fingerprint density at radius 1 is 1.09 bits per heavy atom. The SMILES string of the molecule is Cc1c(C#N)cccc1[C@@H](N)Nc1nnc(C)c2ccc(N3C[C@H]4CC[C@@H]3CN4C)cc12. The number of piperidine rings is 2. The first-order valence-electron chi connectivity index (χ1n) is 11.2. The molecule has 3 aromatic rings. The molecule has 3 atom stereocenters. The quantitative estimate of drug-likeness (QED) is 0.616. The number of hydrogen-bond acceptors (Lipinski definition) is 7. The van der Waals surface area contributed by atoms with Gasteiger partial charge in [0, 0.05) is 41.6 Å². The van der Waals surface area contributed by atoms with Gasteiger partial charge in [0.2, 0.25) is 0 Å². The molecule has 3 saturated heterocycles. The number of nitrogens with one attached hydrogen (secondary N) is 1. The summed E-state index contributed by atoms with van der Waals surface area (Å²) >= 11 is 0. The maximum atomic E-state index is 9.36. The van der Waals surface area contributed by atoms with Crippen LogP contribution in [0.1, 0.15) is 41.4 Å². The Kier molecular flexibility index (Phi) is 5.20. The fraction of sp³-hybridized carbons (Fsp3) is 0.400. The van der Waals surface area contributed by atoms with Crippen molar-refractivity contribution < 1.29 is 0 Å². The molecule has 7 heteroatoms. The summed E-state index contributed by atoms with van der Waals surface area (Å²) in [6.07, 6.45) is 2.02. The van der Waals surface area contributed by atoms with Crippen molar-refractivity contribution in [1.82, 2.24) is 15.1 Å². The number of likely N-dealkylation sites (N-methyl/N-ethyl adjacent to an activating group) is 1. The van der Waals surface area contributed by atoms with E-state index >= 15 is 0 Å². The van der Waals surface area contributed by atoms with Gasteiger partial charge in [-0.25, -0.2) is 0 Å². The number of hydrogen-bond donors (Lipinski definition) is 2. The van der Waals surface area contributed by atoms with Crippen molar-refractivity contribution in [3.05, 3.63) is 58.8 Å². The van der Waals surface area contributed by atoms with Crippen molar-refractivity contribution in [3.8, 4) is 6.07 Å². The van der Waals surface area contributed by atoms with Crippen molar-refractivity contribution in [2.45, 2.75) is 44.9 Å². The van der Waals surface area contributed by atoms with Crippen molar-refractivity contribution in [1.29, 1.82) is 5.26 Å². The van der Waals surface area contributed by atoms with Crippen LogP contribution in [0.3, 0.4) is 0 Å². The Labute approximate surface area is 188 Å². The molecule has 2 bridgehead atoms. The lowest BCUT2D eigenvalue weighted by atomic mass is 9.90. The van der Waals surface area contributed by atoms with Crippen LogP contribution in [0, 0.1) is 25.2 Å². The predicted octanol–water partition coefficient (Wildman–Crippen LogP) is 3.47. The monoisotopic (exact) mass is 427 g/mol. The van der Waals surface area contributed by atoms with E-state index in [-0.39, 0.29) is 0 Å². The van der Waals surface area contributed by atoms with E-state index in [1.165, 1.54) is 18.5 Å². The molecular weight excluding hydrogens is 398 g/mol. The van der Waals surface area contributed by atoms with E-state index in [1.807, 2.05) is 32.0 Å². The first-order chi connectivity index (χ1) is 15.5. The number of fused-ring (bicyclic) bond motifs is 4. The zero-order valence-electron chi connectivity index (χ0n) is 18.8. The first-order valence-corrected chi connectivity index (χ1v) is 11.2. The zero-order chi connectivity index (χ0) is 22.4. The number of nitrogens with two attached hydrogens (primary N) is 1. The van der Waals surface area contributed by atoms with Crippen LogP contribution in [0.5, 0.6) is 0 Å². The van der Waals surface area contributed by atoms with Crippen molar-refractivity contribution >= 4 is 22.3 Å². The number of nitrogens with zero attached hydrogens (tertiary/aromatic N) is 5. The maximum Gasteiger partial charge on any atom is 0.158 e. The summed E-state index contributed by atoms with van der Waals surface area (Å²) in [6, 6.07) is 15.6. The van der Waals surface area contributed by atoms with Gasteiger partial charge in [0.1, 0.15) is 6.17 Å². The molecule has 6 rings (SSSR count). The van der Waals surface area contributed by atoms with E-state index in [4.69, 9.17) is 5.73 Å². The van der Waals surface area contributed by atoms with Gasteiger partial charge in [0.05, 0.1) is 17.3 Å². The van der Waals surface area contributed by atoms with E-state index in [0.717, 1.165) is 40.7 Å². The molecule has 3 N–H and O–H groups in total. The molecule has 1 aromatic heterocycles. The van der Waals surface area contributed by atoms with Crippen LogP contribution >= 0.6 is 0 Å². The molecule has 4 heterocycles. The highest BCUT2D eigenvalue weighted by atomic mass is 15.3. The van der Waals surface area contributed by atoms with Gasteiger partial charge in [-0.05, 0) is 63.1 Å². The molecular formula is C25H29N7. The summed E-state index contributed by atoms with van der Waals surface area (Å²) in [4.78, 5) is 5.04. The molecule has 2 aromatic carbocycles. The molecule has 3 aliphatic heterocycles. The molecule has 0 radical (unpaired) electrons. The summed E-state index contributed by atoms with van der Waals surface area (Å²) < 4.78 is 0. The third-order valence-electron chi connectivity index (χ3n) is 7.21. The van der Waals surface area contributed by atoms with Crippen LogP contribution in [-0.2, 0) is 0 Å². The van der Waals surface area contributed by atoms with Crippen LogP contribution in [0.25, 0.3) is 10.8 Å². The normalized spacial score (nSPS) is 21.5. The molecule has 32 heavy (non-hydrogen) atoms. The van der Waals surface area contributed by atoms with Crippen LogP contribution < -0.4 is 16.0 Å². The Hall–Kier alpha value is -3.21. The molecule has 0 saturated carbocycles. The summed E-state index contributed by atoms with van der Waals surface area (Å²) in [5.74, 6) is 0.668. The number of nitriles is 1. The standard InChI is InChI=1S/C25H29N7/c1-15-17(12-26)5-4-6-21(15)24(27)28-25-23-11-18(9-10-22(23)16(2)29-30-25)32-14-19-7-8-20(32)13-31(19)3/h4-6,9-11,19-20,24H,7-8,13-14,27H2,1-3H3,(H,28,30)/t19-,20-,24+/m1/s1. The van der Waals surface area contributed by atoms with Gasteiger partial charge in [0.25, 0.3) is 0 Å².